The topological polar surface area (TPSA) is 61.0 Å². The molecular weight excluding hydrogens is 284 g/mol. The molecule has 6 heteroatoms. The van der Waals surface area contributed by atoms with Gasteiger partial charge in [0.15, 0.2) is 0 Å². The van der Waals surface area contributed by atoms with Crippen molar-refractivity contribution >= 4 is 21.7 Å². The molecule has 1 saturated heterocycles. The van der Waals surface area contributed by atoms with Gasteiger partial charge in [-0.05, 0) is 41.9 Å². The van der Waals surface area contributed by atoms with Crippen LogP contribution in [0, 0.1) is 0 Å². The van der Waals surface area contributed by atoms with E-state index in [0.29, 0.717) is 16.3 Å². The van der Waals surface area contributed by atoms with Crippen LogP contribution in [0.2, 0.25) is 0 Å². The van der Waals surface area contributed by atoms with E-state index in [1.165, 1.54) is 19.3 Å². The van der Waals surface area contributed by atoms with Gasteiger partial charge >= 0.3 is 0 Å². The molecule has 17 heavy (non-hydrogen) atoms. The highest BCUT2D eigenvalue weighted by atomic mass is 79.9. The molecule has 1 atom stereocenters. The molecule has 0 saturated carbocycles. The highest BCUT2D eigenvalue weighted by molar-refractivity contribution is 9.10. The first-order chi connectivity index (χ1) is 8.20. The summed E-state index contributed by atoms with van der Waals surface area (Å²) >= 11 is 3.26. The van der Waals surface area contributed by atoms with E-state index >= 15 is 0 Å². The molecule has 0 bridgehead atoms. The van der Waals surface area contributed by atoms with Gasteiger partial charge in [0.2, 0.25) is 0 Å². The van der Waals surface area contributed by atoms with Gasteiger partial charge in [0.1, 0.15) is 10.3 Å². The Kier molecular flexibility index (Phi) is 4.17. The molecule has 1 fully saturated rings. The van der Waals surface area contributed by atoms with E-state index in [9.17, 15) is 4.79 Å². The Labute approximate surface area is 109 Å². The first kappa shape index (κ1) is 12.6. The van der Waals surface area contributed by atoms with Crippen molar-refractivity contribution in [1.29, 1.82) is 0 Å². The second-order valence-corrected chi connectivity index (χ2v) is 5.06. The number of H-pyrrole nitrogens is 1. The van der Waals surface area contributed by atoms with Gasteiger partial charge in [-0.2, -0.15) is 0 Å². The fraction of sp³-hybridized carbons (Fsp3) is 0.636. The number of halogens is 1. The lowest BCUT2D eigenvalue weighted by atomic mass is 10.1. The van der Waals surface area contributed by atoms with Crippen LogP contribution in [0.25, 0.3) is 0 Å². The normalized spacial score (nSPS) is 21.4. The Hall–Kier alpha value is -0.880. The maximum atomic E-state index is 11.4. The maximum Gasteiger partial charge on any atom is 0.267 e. The third-order valence-corrected chi connectivity index (χ3v) is 3.83. The summed E-state index contributed by atoms with van der Waals surface area (Å²) in [5.41, 5.74) is -0.148. The summed E-state index contributed by atoms with van der Waals surface area (Å²) in [5.74, 6) is 0.636. The lowest BCUT2D eigenvalue weighted by Gasteiger charge is -2.32. The van der Waals surface area contributed by atoms with E-state index in [1.54, 1.807) is 0 Å². The van der Waals surface area contributed by atoms with Gasteiger partial charge in [0.25, 0.3) is 5.56 Å². The van der Waals surface area contributed by atoms with Crippen LogP contribution in [0.4, 0.5) is 5.82 Å². The number of piperidine rings is 1. The van der Waals surface area contributed by atoms with Crippen molar-refractivity contribution in [3.8, 4) is 0 Å². The third-order valence-electron chi connectivity index (χ3n) is 3.09. The van der Waals surface area contributed by atoms with Crippen LogP contribution in [0.5, 0.6) is 0 Å². The number of hydrogen-bond donors (Lipinski definition) is 2. The number of likely N-dealkylation sites (N-methyl/N-ethyl adjacent to an activating group) is 1. The molecule has 0 amide bonds. The minimum absolute atomic E-state index is 0.148. The Morgan fingerprint density at radius 1 is 1.71 bits per heavy atom. The van der Waals surface area contributed by atoms with E-state index in [1.807, 2.05) is 0 Å². The van der Waals surface area contributed by atoms with E-state index in [4.69, 9.17) is 0 Å². The van der Waals surface area contributed by atoms with E-state index in [2.05, 4.69) is 43.0 Å². The number of aromatic nitrogens is 2. The molecule has 2 rings (SSSR count). The molecule has 94 valence electrons. The Bertz CT molecular complexity index is 434. The molecule has 2 N–H and O–H groups in total. The average Bonchev–Trinajstić information content (AvgIpc) is 2.35. The number of rotatable bonds is 3. The summed E-state index contributed by atoms with van der Waals surface area (Å²) in [4.78, 5) is 20.5. The molecule has 5 nitrogen and oxygen atoms in total. The average molecular weight is 301 g/mol. The smallest absolute Gasteiger partial charge is 0.267 e. The van der Waals surface area contributed by atoms with Crippen LogP contribution in [0.3, 0.4) is 0 Å². The van der Waals surface area contributed by atoms with Gasteiger partial charge < -0.3 is 15.2 Å². The van der Waals surface area contributed by atoms with Crippen LogP contribution in [-0.4, -0.2) is 40.5 Å². The predicted octanol–water partition coefficient (Wildman–Crippen LogP) is 1.43. The van der Waals surface area contributed by atoms with Gasteiger partial charge in [-0.25, -0.2) is 4.98 Å². The molecule has 0 aliphatic carbocycles. The zero-order valence-electron chi connectivity index (χ0n) is 9.87. The minimum atomic E-state index is -0.148. The molecule has 0 spiro atoms. The molecular formula is C11H17BrN4O. The second kappa shape index (κ2) is 5.64. The van der Waals surface area contributed by atoms with Gasteiger partial charge in [-0.15, -0.1) is 0 Å². The number of hydrogen-bond acceptors (Lipinski definition) is 4. The molecule has 0 aromatic carbocycles. The molecule has 1 aromatic heterocycles. The second-order valence-electron chi connectivity index (χ2n) is 4.27. The highest BCUT2D eigenvalue weighted by Crippen LogP contribution is 2.18. The van der Waals surface area contributed by atoms with E-state index in [0.717, 1.165) is 19.5 Å². The SMILES string of the molecule is CCN1CCCC(Nc2nc[nH]c(=O)c2Br)C1. The summed E-state index contributed by atoms with van der Waals surface area (Å²) in [6.07, 6.45) is 3.74. The Morgan fingerprint density at radius 3 is 3.29 bits per heavy atom. The molecule has 2 heterocycles. The number of aromatic amines is 1. The van der Waals surface area contributed by atoms with Crippen molar-refractivity contribution in [3.63, 3.8) is 0 Å². The molecule has 1 aliphatic heterocycles. The fourth-order valence-electron chi connectivity index (χ4n) is 2.14. The van der Waals surface area contributed by atoms with Crippen molar-refractivity contribution in [2.45, 2.75) is 25.8 Å². The third kappa shape index (κ3) is 3.07. The molecule has 1 unspecified atom stereocenters. The number of likely N-dealkylation sites (tertiary alicyclic amines) is 1. The summed E-state index contributed by atoms with van der Waals surface area (Å²) in [7, 11) is 0. The Balaban J connectivity index is 2.05. The predicted molar refractivity (Wildman–Crippen MR) is 71.3 cm³/mol. The molecule has 1 aromatic rings. The first-order valence-corrected chi connectivity index (χ1v) is 6.72. The van der Waals surface area contributed by atoms with Crippen molar-refractivity contribution in [3.05, 3.63) is 21.2 Å². The van der Waals surface area contributed by atoms with Gasteiger partial charge in [0.05, 0.1) is 6.33 Å². The van der Waals surface area contributed by atoms with Crippen LogP contribution in [-0.2, 0) is 0 Å². The summed E-state index contributed by atoms with van der Waals surface area (Å²) in [6, 6.07) is 0.370. The zero-order valence-corrected chi connectivity index (χ0v) is 11.5. The lowest BCUT2D eigenvalue weighted by Crippen LogP contribution is -2.42. The van der Waals surface area contributed by atoms with Crippen molar-refractivity contribution < 1.29 is 0 Å². The van der Waals surface area contributed by atoms with Gasteiger partial charge in [-0.1, -0.05) is 6.92 Å². The summed E-state index contributed by atoms with van der Waals surface area (Å²) in [5, 5.41) is 3.33. The van der Waals surface area contributed by atoms with E-state index < -0.39 is 0 Å². The number of nitrogens with zero attached hydrogens (tertiary/aromatic N) is 2. The molecule has 1 aliphatic rings. The zero-order chi connectivity index (χ0) is 12.3. The largest absolute Gasteiger partial charge is 0.365 e. The van der Waals surface area contributed by atoms with Crippen LogP contribution in [0.15, 0.2) is 15.6 Å². The van der Waals surface area contributed by atoms with Gasteiger partial charge in [0, 0.05) is 12.6 Å². The van der Waals surface area contributed by atoms with Crippen molar-refractivity contribution in [1.82, 2.24) is 14.9 Å². The first-order valence-electron chi connectivity index (χ1n) is 5.92. The van der Waals surface area contributed by atoms with Gasteiger partial charge in [-0.3, -0.25) is 4.79 Å². The number of nitrogens with one attached hydrogen (secondary N) is 2. The van der Waals surface area contributed by atoms with Crippen LogP contribution in [0.1, 0.15) is 19.8 Å². The van der Waals surface area contributed by atoms with Crippen molar-refractivity contribution in [2.24, 2.45) is 0 Å². The van der Waals surface area contributed by atoms with Crippen LogP contribution < -0.4 is 10.9 Å². The lowest BCUT2D eigenvalue weighted by molar-refractivity contribution is 0.226. The van der Waals surface area contributed by atoms with E-state index in [-0.39, 0.29) is 5.56 Å². The maximum absolute atomic E-state index is 11.4. The quantitative estimate of drug-likeness (QED) is 0.886. The summed E-state index contributed by atoms with van der Waals surface area (Å²) < 4.78 is 0.480. The summed E-state index contributed by atoms with van der Waals surface area (Å²) in [6.45, 7) is 5.42. The Morgan fingerprint density at radius 2 is 2.53 bits per heavy atom. The van der Waals surface area contributed by atoms with Crippen LogP contribution >= 0.6 is 15.9 Å². The standard InChI is InChI=1S/C11H17BrN4O/c1-2-16-5-3-4-8(6-16)15-10-9(12)11(17)14-7-13-10/h7-8H,2-6H2,1H3,(H2,13,14,15,17). The minimum Gasteiger partial charge on any atom is -0.365 e. The van der Waals surface area contributed by atoms with Crippen molar-refractivity contribution in [2.75, 3.05) is 25.0 Å². The molecule has 0 radical (unpaired) electrons. The number of anilines is 1. The fourth-order valence-corrected chi connectivity index (χ4v) is 2.47. The monoisotopic (exact) mass is 300 g/mol. The highest BCUT2D eigenvalue weighted by Gasteiger charge is 2.19.